The van der Waals surface area contributed by atoms with Crippen molar-refractivity contribution in [3.63, 3.8) is 0 Å². The molecule has 0 saturated carbocycles. The Hall–Kier alpha value is -7.21. The zero-order valence-electron chi connectivity index (χ0n) is 30.2. The average molecular weight is 733 g/mol. The molecule has 0 amide bonds. The van der Waals surface area contributed by atoms with Crippen LogP contribution in [0, 0.1) is 0 Å². The van der Waals surface area contributed by atoms with Crippen molar-refractivity contribution in [1.29, 1.82) is 0 Å². The van der Waals surface area contributed by atoms with Gasteiger partial charge in [0.2, 0.25) is 0 Å². The van der Waals surface area contributed by atoms with Crippen molar-refractivity contribution in [3.05, 3.63) is 194 Å². The van der Waals surface area contributed by atoms with Gasteiger partial charge in [0.25, 0.3) is 0 Å². The van der Waals surface area contributed by atoms with Crippen molar-refractivity contribution < 1.29 is 0 Å². The second-order valence-corrected chi connectivity index (χ2v) is 15.1. The summed E-state index contributed by atoms with van der Waals surface area (Å²) >= 11 is 1.79. The molecule has 0 N–H and O–H groups in total. The van der Waals surface area contributed by atoms with Crippen LogP contribution in [0.1, 0.15) is 0 Å². The first-order valence-electron chi connectivity index (χ1n) is 18.8. The lowest BCUT2D eigenvalue weighted by Gasteiger charge is -2.14. The summed E-state index contributed by atoms with van der Waals surface area (Å²) in [6, 6.07) is 68.7. The van der Waals surface area contributed by atoms with Gasteiger partial charge in [0.05, 0.1) is 11.0 Å². The van der Waals surface area contributed by atoms with Gasteiger partial charge < -0.3 is 4.57 Å². The summed E-state index contributed by atoms with van der Waals surface area (Å²) in [7, 11) is 0. The van der Waals surface area contributed by atoms with E-state index in [0.29, 0.717) is 17.5 Å². The third kappa shape index (κ3) is 5.48. The fourth-order valence-corrected chi connectivity index (χ4v) is 9.15. The molecule has 3 aromatic heterocycles. The third-order valence-corrected chi connectivity index (χ3v) is 11.9. The smallest absolute Gasteiger partial charge is 0.165 e. The largest absolute Gasteiger partial charge is 0.309 e. The standard InChI is InChI=1S/C51H32N4S/c1-5-15-33(16-6-1)37-25-27-40-41-28-26-38(34-17-7-2-8-18-34)30-46(41)55(45(40)29-37)39-31-43-42-23-13-14-24-47(42)56-48(43)44(32-39)51-53-49(35-19-9-3-10-20-35)52-50(54-51)36-21-11-4-12-22-36/h1-32H. The molecule has 3 heterocycles. The highest BCUT2D eigenvalue weighted by Crippen LogP contribution is 2.44. The lowest BCUT2D eigenvalue weighted by Crippen LogP contribution is -2.01. The monoisotopic (exact) mass is 732 g/mol. The van der Waals surface area contributed by atoms with E-state index < -0.39 is 0 Å². The molecule has 11 aromatic rings. The zero-order chi connectivity index (χ0) is 37.0. The molecule has 0 aliphatic carbocycles. The van der Waals surface area contributed by atoms with E-state index in [1.807, 2.05) is 36.4 Å². The molecule has 5 heteroatoms. The van der Waals surface area contributed by atoms with Gasteiger partial charge in [0.1, 0.15) is 0 Å². The topological polar surface area (TPSA) is 43.6 Å². The van der Waals surface area contributed by atoms with E-state index in [2.05, 4.69) is 162 Å². The van der Waals surface area contributed by atoms with Crippen LogP contribution in [0.5, 0.6) is 0 Å². The van der Waals surface area contributed by atoms with Crippen LogP contribution in [0.2, 0.25) is 0 Å². The van der Waals surface area contributed by atoms with Crippen LogP contribution < -0.4 is 0 Å². The normalized spacial score (nSPS) is 11.6. The number of thiophene rings is 1. The molecule has 0 saturated heterocycles. The summed E-state index contributed by atoms with van der Waals surface area (Å²) in [6.45, 7) is 0. The van der Waals surface area contributed by atoms with E-state index >= 15 is 0 Å². The highest BCUT2D eigenvalue weighted by molar-refractivity contribution is 7.26. The highest BCUT2D eigenvalue weighted by Gasteiger charge is 2.21. The van der Waals surface area contributed by atoms with Crippen LogP contribution in [0.3, 0.4) is 0 Å². The van der Waals surface area contributed by atoms with E-state index in [4.69, 9.17) is 15.0 Å². The second kappa shape index (κ2) is 13.3. The van der Waals surface area contributed by atoms with Gasteiger partial charge in [-0.3, -0.25) is 0 Å². The molecule has 4 nitrogen and oxygen atoms in total. The van der Waals surface area contributed by atoms with E-state index in [9.17, 15) is 0 Å². The maximum Gasteiger partial charge on any atom is 0.165 e. The van der Waals surface area contributed by atoms with Crippen LogP contribution in [-0.4, -0.2) is 19.5 Å². The molecule has 0 radical (unpaired) electrons. The number of benzene rings is 8. The van der Waals surface area contributed by atoms with Crippen molar-refractivity contribution >= 4 is 53.3 Å². The Morgan fingerprint density at radius 3 is 1.34 bits per heavy atom. The van der Waals surface area contributed by atoms with Crippen molar-refractivity contribution in [2.45, 2.75) is 0 Å². The Kier molecular flexibility index (Phi) is 7.64. The Labute approximate surface area is 327 Å². The molecule has 262 valence electrons. The average Bonchev–Trinajstić information content (AvgIpc) is 3.82. The van der Waals surface area contributed by atoms with Crippen molar-refractivity contribution in [1.82, 2.24) is 19.5 Å². The van der Waals surface area contributed by atoms with Gasteiger partial charge >= 0.3 is 0 Å². The van der Waals surface area contributed by atoms with Gasteiger partial charge in [0, 0.05) is 53.3 Å². The second-order valence-electron chi connectivity index (χ2n) is 14.0. The predicted molar refractivity (Wildman–Crippen MR) is 234 cm³/mol. The Balaban J connectivity index is 1.24. The van der Waals surface area contributed by atoms with E-state index in [0.717, 1.165) is 38.1 Å². The molecule has 0 unspecified atom stereocenters. The van der Waals surface area contributed by atoms with Gasteiger partial charge in [-0.25, -0.2) is 15.0 Å². The summed E-state index contributed by atoms with van der Waals surface area (Å²) in [5.41, 5.74) is 10.9. The first kappa shape index (κ1) is 32.2. The SMILES string of the molecule is c1ccc(-c2ccc3c4ccc(-c5ccccc5)cc4n(-c4cc(-c5nc(-c6ccccc6)nc(-c6ccccc6)n5)c5sc6ccccc6c5c4)c3c2)cc1. The number of fused-ring (bicyclic) bond motifs is 6. The molecule has 56 heavy (non-hydrogen) atoms. The van der Waals surface area contributed by atoms with Gasteiger partial charge in [-0.2, -0.15) is 0 Å². The van der Waals surface area contributed by atoms with Crippen molar-refractivity contribution in [2.24, 2.45) is 0 Å². The number of nitrogens with zero attached hydrogens (tertiary/aromatic N) is 4. The summed E-state index contributed by atoms with van der Waals surface area (Å²) in [6.07, 6.45) is 0. The van der Waals surface area contributed by atoms with Crippen LogP contribution in [0.25, 0.3) is 104 Å². The van der Waals surface area contributed by atoms with Crippen LogP contribution >= 0.6 is 11.3 Å². The van der Waals surface area contributed by atoms with E-state index in [-0.39, 0.29) is 0 Å². The minimum absolute atomic E-state index is 0.644. The minimum Gasteiger partial charge on any atom is -0.309 e. The molecule has 0 bridgehead atoms. The number of rotatable bonds is 6. The lowest BCUT2D eigenvalue weighted by atomic mass is 10.0. The predicted octanol–water partition coefficient (Wildman–Crippen LogP) is 13.7. The summed E-state index contributed by atoms with van der Waals surface area (Å²) in [4.78, 5) is 15.5. The number of hydrogen-bond acceptors (Lipinski definition) is 4. The first-order valence-corrected chi connectivity index (χ1v) is 19.6. The summed E-state index contributed by atoms with van der Waals surface area (Å²) in [5.74, 6) is 1.93. The molecule has 0 aliphatic rings. The van der Waals surface area contributed by atoms with E-state index in [1.54, 1.807) is 11.3 Å². The van der Waals surface area contributed by atoms with Crippen molar-refractivity contribution in [3.8, 4) is 62.1 Å². The number of aromatic nitrogens is 4. The van der Waals surface area contributed by atoms with Crippen LogP contribution in [0.15, 0.2) is 194 Å². The molecule has 0 atom stereocenters. The molecular formula is C51H32N4S. The minimum atomic E-state index is 0.644. The third-order valence-electron chi connectivity index (χ3n) is 10.6. The first-order chi connectivity index (χ1) is 27.7. The van der Waals surface area contributed by atoms with Crippen molar-refractivity contribution in [2.75, 3.05) is 0 Å². The Morgan fingerprint density at radius 1 is 0.339 bits per heavy atom. The maximum absolute atomic E-state index is 5.25. The summed E-state index contributed by atoms with van der Waals surface area (Å²) in [5, 5.41) is 4.80. The van der Waals surface area contributed by atoms with E-state index in [1.165, 1.54) is 48.5 Å². The molecule has 11 rings (SSSR count). The van der Waals surface area contributed by atoms with Gasteiger partial charge in [-0.05, 0) is 52.6 Å². The maximum atomic E-state index is 5.25. The number of hydrogen-bond donors (Lipinski definition) is 0. The molecule has 0 spiro atoms. The Morgan fingerprint density at radius 2 is 0.804 bits per heavy atom. The van der Waals surface area contributed by atoms with Crippen LogP contribution in [-0.2, 0) is 0 Å². The molecular weight excluding hydrogens is 701 g/mol. The summed E-state index contributed by atoms with van der Waals surface area (Å²) < 4.78 is 4.81. The fraction of sp³-hybridized carbons (Fsp3) is 0. The quantitative estimate of drug-likeness (QED) is 0.171. The zero-order valence-corrected chi connectivity index (χ0v) is 31.0. The van der Waals surface area contributed by atoms with Crippen LogP contribution in [0.4, 0.5) is 0 Å². The van der Waals surface area contributed by atoms with Gasteiger partial charge in [0.15, 0.2) is 17.5 Å². The molecule has 0 fully saturated rings. The van der Waals surface area contributed by atoms with Gasteiger partial charge in [-0.15, -0.1) is 11.3 Å². The fourth-order valence-electron chi connectivity index (χ4n) is 7.95. The van der Waals surface area contributed by atoms with Gasteiger partial charge in [-0.1, -0.05) is 164 Å². The Bertz CT molecular complexity index is 3070. The molecule has 0 aliphatic heterocycles. The highest BCUT2D eigenvalue weighted by atomic mass is 32.1. The lowest BCUT2D eigenvalue weighted by molar-refractivity contribution is 1.07. The molecule has 8 aromatic carbocycles.